The minimum Gasteiger partial charge on any atom is -0.494 e. The first-order valence-corrected chi connectivity index (χ1v) is 10.0. The zero-order chi connectivity index (χ0) is 21.8. The third-order valence-corrected chi connectivity index (χ3v) is 5.06. The van der Waals surface area contributed by atoms with E-state index in [1.54, 1.807) is 47.1 Å². The van der Waals surface area contributed by atoms with Crippen LogP contribution in [-0.2, 0) is 16.6 Å². The van der Waals surface area contributed by atoms with E-state index in [0.717, 1.165) is 17.3 Å². The normalized spacial score (nSPS) is 14.1. The number of carbonyl (C=O) groups is 2. The van der Waals surface area contributed by atoms with Gasteiger partial charge in [0, 0.05) is 31.1 Å². The molecule has 162 valence electrons. The average molecular weight is 424 g/mol. The fourth-order valence-corrected chi connectivity index (χ4v) is 3.46. The Morgan fingerprint density at radius 1 is 1.23 bits per heavy atom. The number of carbonyl (C=O) groups excluding carboxylic acids is 2. The first kappa shape index (κ1) is 20.7. The summed E-state index contributed by atoms with van der Waals surface area (Å²) in [5, 5.41) is 5.00. The van der Waals surface area contributed by atoms with Gasteiger partial charge in [-0.1, -0.05) is 0 Å². The molecule has 1 aromatic heterocycles. The van der Waals surface area contributed by atoms with E-state index in [1.807, 2.05) is 12.1 Å². The molecule has 1 fully saturated rings. The van der Waals surface area contributed by atoms with Crippen LogP contribution in [0.5, 0.6) is 17.2 Å². The molecule has 1 aliphatic heterocycles. The Labute approximate surface area is 179 Å². The third kappa shape index (κ3) is 4.77. The minimum atomic E-state index is -0.530. The summed E-state index contributed by atoms with van der Waals surface area (Å²) >= 11 is 0. The molecular weight excluding hydrogens is 400 g/mol. The van der Waals surface area contributed by atoms with Crippen LogP contribution in [0.25, 0.3) is 10.9 Å². The monoisotopic (exact) mass is 424 g/mol. The molecular formula is C22H24N4O5. The SMILES string of the molecule is Cn1ncc2cc(C(N)=O)cc(Oc3ccc(OCCCN4CCOCC4=O)cc3)c21. The number of aromatic nitrogens is 2. The van der Waals surface area contributed by atoms with E-state index in [1.165, 1.54) is 0 Å². The number of aryl methyl sites for hydroxylation is 1. The predicted molar refractivity (Wildman–Crippen MR) is 113 cm³/mol. The van der Waals surface area contributed by atoms with E-state index in [0.29, 0.717) is 49.1 Å². The molecule has 2 N–H and O–H groups in total. The zero-order valence-corrected chi connectivity index (χ0v) is 17.2. The van der Waals surface area contributed by atoms with Gasteiger partial charge in [-0.15, -0.1) is 0 Å². The fourth-order valence-electron chi connectivity index (χ4n) is 3.46. The standard InChI is InChI=1S/C22H24N4O5/c1-25-21-16(13-24-25)11-15(22(23)28)12-19(21)31-18-5-3-17(4-6-18)30-9-2-7-26-8-10-29-14-20(26)27/h3-6,11-13H,2,7-10,14H2,1H3,(H2,23,28). The highest BCUT2D eigenvalue weighted by Crippen LogP contribution is 2.32. The molecule has 0 unspecified atom stereocenters. The van der Waals surface area contributed by atoms with Gasteiger partial charge in [-0.25, -0.2) is 0 Å². The lowest BCUT2D eigenvalue weighted by Gasteiger charge is -2.26. The highest BCUT2D eigenvalue weighted by molar-refractivity contribution is 5.99. The lowest BCUT2D eigenvalue weighted by atomic mass is 10.1. The molecule has 2 amide bonds. The van der Waals surface area contributed by atoms with Crippen LogP contribution in [-0.4, -0.2) is 59.4 Å². The van der Waals surface area contributed by atoms with Crippen molar-refractivity contribution in [3.05, 3.63) is 48.2 Å². The van der Waals surface area contributed by atoms with E-state index in [9.17, 15) is 9.59 Å². The summed E-state index contributed by atoms with van der Waals surface area (Å²) < 4.78 is 18.6. The van der Waals surface area contributed by atoms with Crippen molar-refractivity contribution in [3.63, 3.8) is 0 Å². The molecule has 31 heavy (non-hydrogen) atoms. The molecule has 2 aromatic carbocycles. The summed E-state index contributed by atoms with van der Waals surface area (Å²) in [6, 6.07) is 10.5. The average Bonchev–Trinajstić information content (AvgIpc) is 3.14. The summed E-state index contributed by atoms with van der Waals surface area (Å²) in [5.41, 5.74) is 6.56. The molecule has 1 aliphatic rings. The van der Waals surface area contributed by atoms with Gasteiger partial charge in [0.05, 0.1) is 19.4 Å². The van der Waals surface area contributed by atoms with Crippen molar-refractivity contribution in [2.45, 2.75) is 6.42 Å². The van der Waals surface area contributed by atoms with Crippen molar-refractivity contribution < 1.29 is 23.8 Å². The number of nitrogens with zero attached hydrogens (tertiary/aromatic N) is 3. The van der Waals surface area contributed by atoms with E-state index < -0.39 is 5.91 Å². The molecule has 0 aliphatic carbocycles. The quantitative estimate of drug-likeness (QED) is 0.555. The lowest BCUT2D eigenvalue weighted by molar-refractivity contribution is -0.142. The number of primary amides is 1. The molecule has 0 radical (unpaired) electrons. The van der Waals surface area contributed by atoms with Gasteiger partial charge in [-0.3, -0.25) is 14.3 Å². The van der Waals surface area contributed by atoms with E-state index in [4.69, 9.17) is 19.9 Å². The van der Waals surface area contributed by atoms with Gasteiger partial charge in [0.1, 0.15) is 23.6 Å². The molecule has 4 rings (SSSR count). The molecule has 0 atom stereocenters. The summed E-state index contributed by atoms with van der Waals surface area (Å²) in [4.78, 5) is 25.1. The molecule has 2 heterocycles. The Hall–Kier alpha value is -3.59. The summed E-state index contributed by atoms with van der Waals surface area (Å²) in [7, 11) is 1.81. The number of nitrogens with two attached hydrogens (primary N) is 1. The molecule has 3 aromatic rings. The Morgan fingerprint density at radius 2 is 2.00 bits per heavy atom. The number of rotatable bonds is 8. The maximum Gasteiger partial charge on any atom is 0.248 e. The van der Waals surface area contributed by atoms with Gasteiger partial charge in [-0.05, 0) is 42.8 Å². The van der Waals surface area contributed by atoms with Gasteiger partial charge >= 0.3 is 0 Å². The van der Waals surface area contributed by atoms with Crippen LogP contribution in [0.2, 0.25) is 0 Å². The Balaban J connectivity index is 1.37. The van der Waals surface area contributed by atoms with Crippen molar-refractivity contribution in [1.29, 1.82) is 0 Å². The van der Waals surface area contributed by atoms with Crippen LogP contribution in [0.3, 0.4) is 0 Å². The second-order valence-corrected chi connectivity index (χ2v) is 7.25. The van der Waals surface area contributed by atoms with Crippen molar-refractivity contribution in [1.82, 2.24) is 14.7 Å². The fraction of sp³-hybridized carbons (Fsp3) is 0.318. The number of morpholine rings is 1. The van der Waals surface area contributed by atoms with Crippen LogP contribution in [0.4, 0.5) is 0 Å². The maximum atomic E-state index is 11.7. The second kappa shape index (κ2) is 9.05. The second-order valence-electron chi connectivity index (χ2n) is 7.25. The Kier molecular flexibility index (Phi) is 6.03. The highest BCUT2D eigenvalue weighted by Gasteiger charge is 2.17. The molecule has 0 bridgehead atoms. The number of ether oxygens (including phenoxy) is 3. The van der Waals surface area contributed by atoms with Crippen molar-refractivity contribution in [2.24, 2.45) is 12.8 Å². The zero-order valence-electron chi connectivity index (χ0n) is 17.2. The van der Waals surface area contributed by atoms with Crippen LogP contribution in [0.1, 0.15) is 16.8 Å². The molecule has 0 spiro atoms. The van der Waals surface area contributed by atoms with Gasteiger partial charge in [0.15, 0.2) is 5.75 Å². The highest BCUT2D eigenvalue weighted by atomic mass is 16.5. The van der Waals surface area contributed by atoms with Crippen LogP contribution in [0.15, 0.2) is 42.6 Å². The first-order chi connectivity index (χ1) is 15.0. The molecule has 9 nitrogen and oxygen atoms in total. The smallest absolute Gasteiger partial charge is 0.248 e. The Bertz CT molecular complexity index is 1090. The van der Waals surface area contributed by atoms with Gasteiger partial charge in [0.25, 0.3) is 0 Å². The third-order valence-electron chi connectivity index (χ3n) is 5.06. The predicted octanol–water partition coefficient (Wildman–Crippen LogP) is 2.09. The van der Waals surface area contributed by atoms with Gasteiger partial charge in [-0.2, -0.15) is 5.10 Å². The van der Waals surface area contributed by atoms with Crippen LogP contribution < -0.4 is 15.2 Å². The minimum absolute atomic E-state index is 0.0238. The molecule has 9 heteroatoms. The Morgan fingerprint density at radius 3 is 2.74 bits per heavy atom. The summed E-state index contributed by atoms with van der Waals surface area (Å²) in [6.07, 6.45) is 2.40. The number of benzene rings is 2. The first-order valence-electron chi connectivity index (χ1n) is 10.0. The van der Waals surface area contributed by atoms with Crippen molar-refractivity contribution in [2.75, 3.05) is 32.9 Å². The molecule has 0 saturated carbocycles. The van der Waals surface area contributed by atoms with E-state index in [-0.39, 0.29) is 12.5 Å². The largest absolute Gasteiger partial charge is 0.494 e. The number of amides is 2. The van der Waals surface area contributed by atoms with Crippen LogP contribution >= 0.6 is 0 Å². The van der Waals surface area contributed by atoms with Crippen LogP contribution in [0, 0.1) is 0 Å². The molecule has 1 saturated heterocycles. The summed E-state index contributed by atoms with van der Waals surface area (Å²) in [6.45, 7) is 2.53. The summed E-state index contributed by atoms with van der Waals surface area (Å²) in [5.74, 6) is 1.29. The topological polar surface area (TPSA) is 109 Å². The lowest BCUT2D eigenvalue weighted by Crippen LogP contribution is -2.42. The van der Waals surface area contributed by atoms with Gasteiger partial charge < -0.3 is 24.8 Å². The van der Waals surface area contributed by atoms with E-state index in [2.05, 4.69) is 5.10 Å². The van der Waals surface area contributed by atoms with Crippen molar-refractivity contribution >= 4 is 22.7 Å². The van der Waals surface area contributed by atoms with Gasteiger partial charge in [0.2, 0.25) is 11.8 Å². The number of hydrogen-bond donors (Lipinski definition) is 1. The maximum absolute atomic E-state index is 11.7. The van der Waals surface area contributed by atoms with Crippen molar-refractivity contribution in [3.8, 4) is 17.2 Å². The number of hydrogen-bond acceptors (Lipinski definition) is 6. The van der Waals surface area contributed by atoms with E-state index >= 15 is 0 Å². The number of fused-ring (bicyclic) bond motifs is 1.